The second-order valence-corrected chi connectivity index (χ2v) is 8.19. The van der Waals surface area contributed by atoms with Crippen molar-refractivity contribution in [3.8, 4) is 11.3 Å². The number of H-pyrrole nitrogens is 1. The average molecular weight is 373 g/mol. The molecule has 0 amide bonds. The van der Waals surface area contributed by atoms with Gasteiger partial charge in [0.15, 0.2) is 11.6 Å². The van der Waals surface area contributed by atoms with E-state index in [9.17, 15) is 8.78 Å². The number of imidazole rings is 1. The lowest BCUT2D eigenvalue weighted by Gasteiger charge is -2.34. The molecule has 4 rings (SSSR count). The van der Waals surface area contributed by atoms with Crippen LogP contribution in [0.5, 0.6) is 0 Å². The van der Waals surface area contributed by atoms with Gasteiger partial charge in [-0.05, 0) is 49.8 Å². The molecule has 2 aliphatic carbocycles. The minimum Gasteiger partial charge on any atom is -0.341 e. The third-order valence-corrected chi connectivity index (χ3v) is 6.26. The van der Waals surface area contributed by atoms with Crippen molar-refractivity contribution < 1.29 is 8.78 Å². The quantitative estimate of drug-likeness (QED) is 0.685. The van der Waals surface area contributed by atoms with Crippen LogP contribution in [0.2, 0.25) is 0 Å². The number of nitrogens with one attached hydrogen (secondary N) is 2. The molecule has 0 aliphatic heterocycles. The van der Waals surface area contributed by atoms with E-state index >= 15 is 0 Å². The molecule has 2 saturated carbocycles. The van der Waals surface area contributed by atoms with E-state index in [0.29, 0.717) is 17.5 Å². The van der Waals surface area contributed by atoms with Crippen LogP contribution in [0.4, 0.5) is 8.78 Å². The lowest BCUT2D eigenvalue weighted by atomic mass is 9.82. The van der Waals surface area contributed by atoms with E-state index in [2.05, 4.69) is 15.3 Å². The topological polar surface area (TPSA) is 40.7 Å². The Bertz CT molecular complexity index is 746. The normalized spacial score (nSPS) is 20.7. The van der Waals surface area contributed by atoms with Crippen molar-refractivity contribution >= 4 is 0 Å². The first-order valence-electron chi connectivity index (χ1n) is 10.5. The first kappa shape index (κ1) is 18.6. The van der Waals surface area contributed by atoms with E-state index in [1.54, 1.807) is 12.3 Å². The number of rotatable bonds is 5. The third-order valence-electron chi connectivity index (χ3n) is 6.26. The van der Waals surface area contributed by atoms with Gasteiger partial charge in [-0.1, -0.05) is 38.5 Å². The van der Waals surface area contributed by atoms with Gasteiger partial charge in [0.1, 0.15) is 5.82 Å². The summed E-state index contributed by atoms with van der Waals surface area (Å²) in [7, 11) is 0. The Balaban J connectivity index is 1.57. The molecule has 2 N–H and O–H groups in total. The summed E-state index contributed by atoms with van der Waals surface area (Å²) in [5.74, 6) is -0.123. The van der Waals surface area contributed by atoms with Crippen molar-refractivity contribution in [2.24, 2.45) is 5.92 Å². The number of benzene rings is 1. The summed E-state index contributed by atoms with van der Waals surface area (Å²) in [5, 5.41) is 3.90. The van der Waals surface area contributed by atoms with Gasteiger partial charge in [0.25, 0.3) is 0 Å². The largest absolute Gasteiger partial charge is 0.341 e. The molecule has 27 heavy (non-hydrogen) atoms. The highest BCUT2D eigenvalue weighted by Crippen LogP contribution is 2.35. The SMILES string of the molecule is Fc1ccc(-c2cnc(C(NC3CCCCC3)C3CCCCC3)[nH]2)cc1F. The Morgan fingerprint density at radius 3 is 2.33 bits per heavy atom. The molecule has 2 fully saturated rings. The fourth-order valence-electron chi connectivity index (χ4n) is 4.73. The minimum absolute atomic E-state index is 0.215. The summed E-state index contributed by atoms with van der Waals surface area (Å²) in [6, 6.07) is 4.77. The second-order valence-electron chi connectivity index (χ2n) is 8.19. The molecule has 1 aromatic heterocycles. The molecule has 2 aromatic rings. The van der Waals surface area contributed by atoms with Crippen LogP contribution in [0.3, 0.4) is 0 Å². The van der Waals surface area contributed by atoms with Crippen molar-refractivity contribution in [2.75, 3.05) is 0 Å². The zero-order valence-electron chi connectivity index (χ0n) is 15.8. The Kier molecular flexibility index (Phi) is 5.86. The zero-order chi connectivity index (χ0) is 18.6. The van der Waals surface area contributed by atoms with Gasteiger partial charge >= 0.3 is 0 Å². The van der Waals surface area contributed by atoms with Crippen LogP contribution in [0, 0.1) is 17.6 Å². The molecule has 5 heteroatoms. The zero-order valence-corrected chi connectivity index (χ0v) is 15.8. The summed E-state index contributed by atoms with van der Waals surface area (Å²) in [5.41, 5.74) is 1.38. The van der Waals surface area contributed by atoms with Crippen LogP contribution in [-0.4, -0.2) is 16.0 Å². The van der Waals surface area contributed by atoms with Gasteiger partial charge in [-0.25, -0.2) is 13.8 Å². The molecule has 1 atom stereocenters. The van der Waals surface area contributed by atoms with E-state index in [1.165, 1.54) is 76.3 Å². The van der Waals surface area contributed by atoms with E-state index in [0.717, 1.165) is 11.5 Å². The van der Waals surface area contributed by atoms with Crippen molar-refractivity contribution in [3.05, 3.63) is 41.9 Å². The number of nitrogens with zero attached hydrogens (tertiary/aromatic N) is 1. The molecule has 0 bridgehead atoms. The van der Waals surface area contributed by atoms with Crippen molar-refractivity contribution in [1.82, 2.24) is 15.3 Å². The summed E-state index contributed by atoms with van der Waals surface area (Å²) in [6.07, 6.45) is 14.5. The Morgan fingerprint density at radius 1 is 0.926 bits per heavy atom. The molecular formula is C22H29F2N3. The Hall–Kier alpha value is -1.75. The molecule has 1 unspecified atom stereocenters. The van der Waals surface area contributed by atoms with Gasteiger partial charge in [0.05, 0.1) is 17.9 Å². The summed E-state index contributed by atoms with van der Waals surface area (Å²) < 4.78 is 26.8. The maximum atomic E-state index is 13.6. The molecular weight excluding hydrogens is 344 g/mol. The molecule has 3 nitrogen and oxygen atoms in total. The maximum absolute atomic E-state index is 13.6. The standard InChI is InChI=1S/C22H29F2N3/c23-18-12-11-16(13-19(18)24)20-14-25-22(27-20)21(15-7-3-1-4-8-15)26-17-9-5-2-6-10-17/h11-15,17,21,26H,1-10H2,(H,25,27). The second kappa shape index (κ2) is 8.51. The number of hydrogen-bond donors (Lipinski definition) is 2. The predicted molar refractivity (Wildman–Crippen MR) is 103 cm³/mol. The van der Waals surface area contributed by atoms with Crippen molar-refractivity contribution in [1.29, 1.82) is 0 Å². The van der Waals surface area contributed by atoms with Gasteiger partial charge in [0, 0.05) is 11.6 Å². The number of aromatic amines is 1. The number of hydrogen-bond acceptors (Lipinski definition) is 2. The third kappa shape index (κ3) is 4.40. The number of halogens is 2. The Morgan fingerprint density at radius 2 is 1.63 bits per heavy atom. The van der Waals surface area contributed by atoms with E-state index < -0.39 is 11.6 Å². The first-order valence-corrected chi connectivity index (χ1v) is 10.5. The molecule has 1 aromatic carbocycles. The van der Waals surface area contributed by atoms with Crippen molar-refractivity contribution in [3.63, 3.8) is 0 Å². The van der Waals surface area contributed by atoms with Crippen molar-refractivity contribution in [2.45, 2.75) is 76.3 Å². The van der Waals surface area contributed by atoms with Crippen LogP contribution in [0.25, 0.3) is 11.3 Å². The highest BCUT2D eigenvalue weighted by Gasteiger charge is 2.29. The maximum Gasteiger partial charge on any atom is 0.159 e. The summed E-state index contributed by atoms with van der Waals surface area (Å²) in [6.45, 7) is 0. The molecule has 0 radical (unpaired) electrons. The van der Waals surface area contributed by atoms with Crippen LogP contribution in [0.15, 0.2) is 24.4 Å². The molecule has 146 valence electrons. The van der Waals surface area contributed by atoms with Gasteiger partial charge in [-0.3, -0.25) is 0 Å². The summed E-state index contributed by atoms with van der Waals surface area (Å²) >= 11 is 0. The monoisotopic (exact) mass is 373 g/mol. The highest BCUT2D eigenvalue weighted by molar-refractivity contribution is 5.58. The average Bonchev–Trinajstić information content (AvgIpc) is 3.19. The summed E-state index contributed by atoms with van der Waals surface area (Å²) in [4.78, 5) is 8.05. The van der Waals surface area contributed by atoms with Crippen LogP contribution in [0.1, 0.15) is 76.1 Å². The predicted octanol–water partition coefficient (Wildman–Crippen LogP) is 5.90. The van der Waals surface area contributed by atoms with E-state index in [4.69, 9.17) is 0 Å². The molecule has 0 saturated heterocycles. The van der Waals surface area contributed by atoms with Crippen LogP contribution < -0.4 is 5.32 Å². The Labute approximate surface area is 160 Å². The lowest BCUT2D eigenvalue weighted by molar-refractivity contribution is 0.227. The fraction of sp³-hybridized carbons (Fsp3) is 0.591. The van der Waals surface area contributed by atoms with Gasteiger partial charge in [0.2, 0.25) is 0 Å². The lowest BCUT2D eigenvalue weighted by Crippen LogP contribution is -2.39. The number of aromatic nitrogens is 2. The van der Waals surface area contributed by atoms with Gasteiger partial charge in [-0.15, -0.1) is 0 Å². The molecule has 1 heterocycles. The highest BCUT2D eigenvalue weighted by atomic mass is 19.2. The minimum atomic E-state index is -0.826. The molecule has 0 spiro atoms. The fourth-order valence-corrected chi connectivity index (χ4v) is 4.73. The van der Waals surface area contributed by atoms with E-state index in [1.807, 2.05) is 0 Å². The van der Waals surface area contributed by atoms with E-state index in [-0.39, 0.29) is 6.04 Å². The van der Waals surface area contributed by atoms with Gasteiger partial charge < -0.3 is 10.3 Å². The first-order chi connectivity index (χ1) is 13.2. The van der Waals surface area contributed by atoms with Crippen LogP contribution in [-0.2, 0) is 0 Å². The smallest absolute Gasteiger partial charge is 0.159 e. The van der Waals surface area contributed by atoms with Gasteiger partial charge in [-0.2, -0.15) is 0 Å². The van der Waals surface area contributed by atoms with Crippen LogP contribution >= 0.6 is 0 Å². The molecule has 2 aliphatic rings.